The smallest absolute Gasteiger partial charge is 0.336 e. The topological polar surface area (TPSA) is 65.5 Å². The molecule has 0 spiro atoms. The fraction of sp³-hybridized carbons (Fsp3) is 0.308. The number of nitrogens with zero attached hydrogens (tertiary/aromatic N) is 2. The van der Waals surface area contributed by atoms with Crippen molar-refractivity contribution in [2.45, 2.75) is 45.2 Å². The van der Waals surface area contributed by atoms with Crippen molar-refractivity contribution >= 4 is 17.3 Å². The van der Waals surface area contributed by atoms with Crippen molar-refractivity contribution < 1.29 is 9.90 Å². The average Bonchev–Trinajstić information content (AvgIpc) is 3.20. The standard InChI is InChI=1S/C26H29N3O2/c1-3-4-18-5-8-21(9-6-18)29(2)22-10-11-23-20(15-22)17-28-25(23)12-7-19-16-27-14-13-24(19)26(30)31/h5-6,8-11,13-16,25,28H,3-4,7,12,17H2,1-2H3,(H,30,31)/t25-/m1/s1. The van der Waals surface area contributed by atoms with Crippen LogP contribution in [0.2, 0.25) is 0 Å². The first-order valence-electron chi connectivity index (χ1n) is 10.9. The molecule has 1 aliphatic heterocycles. The number of carboxylic acids is 1. The molecule has 5 heteroatoms. The highest BCUT2D eigenvalue weighted by Crippen LogP contribution is 2.33. The first-order valence-corrected chi connectivity index (χ1v) is 10.9. The summed E-state index contributed by atoms with van der Waals surface area (Å²) in [5.74, 6) is -0.896. The van der Waals surface area contributed by atoms with Crippen LogP contribution in [0.1, 0.15) is 58.4 Å². The third kappa shape index (κ3) is 4.62. The number of pyridine rings is 1. The van der Waals surface area contributed by atoms with E-state index in [1.807, 2.05) is 0 Å². The Balaban J connectivity index is 1.46. The molecule has 0 fully saturated rings. The van der Waals surface area contributed by atoms with Crippen LogP contribution >= 0.6 is 0 Å². The first-order chi connectivity index (χ1) is 15.1. The summed E-state index contributed by atoms with van der Waals surface area (Å²) in [7, 11) is 2.10. The molecule has 0 saturated carbocycles. The van der Waals surface area contributed by atoms with Crippen molar-refractivity contribution in [2.75, 3.05) is 11.9 Å². The Hall–Kier alpha value is -3.18. The van der Waals surface area contributed by atoms with Gasteiger partial charge in [0.1, 0.15) is 0 Å². The van der Waals surface area contributed by atoms with Gasteiger partial charge in [0, 0.05) is 43.4 Å². The lowest BCUT2D eigenvalue weighted by molar-refractivity contribution is 0.0695. The summed E-state index contributed by atoms with van der Waals surface area (Å²) in [6.07, 6.45) is 7.00. The van der Waals surface area contributed by atoms with Crippen molar-refractivity contribution in [1.82, 2.24) is 10.3 Å². The van der Waals surface area contributed by atoms with Gasteiger partial charge < -0.3 is 15.3 Å². The van der Waals surface area contributed by atoms with E-state index in [1.54, 1.807) is 12.3 Å². The lowest BCUT2D eigenvalue weighted by Gasteiger charge is -2.21. The second-order valence-electron chi connectivity index (χ2n) is 8.17. The van der Waals surface area contributed by atoms with Crippen molar-refractivity contribution in [3.05, 3.63) is 88.7 Å². The number of carbonyl (C=O) groups is 1. The molecule has 0 unspecified atom stereocenters. The third-order valence-electron chi connectivity index (χ3n) is 6.13. The summed E-state index contributed by atoms with van der Waals surface area (Å²) in [5.41, 5.74) is 7.46. The van der Waals surface area contributed by atoms with Crippen LogP contribution < -0.4 is 10.2 Å². The summed E-state index contributed by atoms with van der Waals surface area (Å²) in [4.78, 5) is 17.8. The number of aryl methyl sites for hydroxylation is 2. The number of carboxylic acid groups (broad SMARTS) is 1. The molecule has 2 N–H and O–H groups in total. The Labute approximate surface area is 183 Å². The van der Waals surface area contributed by atoms with Crippen LogP contribution in [-0.2, 0) is 19.4 Å². The quantitative estimate of drug-likeness (QED) is 0.524. The van der Waals surface area contributed by atoms with Crippen LogP contribution in [0.25, 0.3) is 0 Å². The summed E-state index contributed by atoms with van der Waals surface area (Å²) >= 11 is 0. The lowest BCUT2D eigenvalue weighted by Crippen LogP contribution is -2.14. The Kier molecular flexibility index (Phi) is 6.33. The summed E-state index contributed by atoms with van der Waals surface area (Å²) < 4.78 is 0. The molecule has 1 atom stereocenters. The van der Waals surface area contributed by atoms with Gasteiger partial charge in [-0.2, -0.15) is 0 Å². The SMILES string of the molecule is CCCc1ccc(N(C)c2ccc3c(c2)CN[C@@H]3CCc2cnccc2C(=O)O)cc1. The fourth-order valence-corrected chi connectivity index (χ4v) is 4.35. The van der Waals surface area contributed by atoms with Crippen molar-refractivity contribution in [2.24, 2.45) is 0 Å². The van der Waals surface area contributed by atoms with E-state index in [2.05, 4.69) is 71.6 Å². The zero-order chi connectivity index (χ0) is 21.8. The van der Waals surface area contributed by atoms with Crippen LogP contribution in [0.15, 0.2) is 60.9 Å². The van der Waals surface area contributed by atoms with Crippen LogP contribution in [-0.4, -0.2) is 23.1 Å². The van der Waals surface area contributed by atoms with Gasteiger partial charge >= 0.3 is 5.97 Å². The van der Waals surface area contributed by atoms with Gasteiger partial charge in [-0.3, -0.25) is 4.98 Å². The van der Waals surface area contributed by atoms with Crippen LogP contribution in [0.3, 0.4) is 0 Å². The van der Waals surface area contributed by atoms with Gasteiger partial charge in [-0.25, -0.2) is 4.79 Å². The van der Waals surface area contributed by atoms with E-state index in [0.717, 1.165) is 31.4 Å². The normalized spacial score (nSPS) is 15.0. The Bertz CT molecular complexity index is 1060. The van der Waals surface area contributed by atoms with E-state index in [9.17, 15) is 9.90 Å². The Morgan fingerprint density at radius 2 is 1.90 bits per heavy atom. The molecule has 4 rings (SSSR count). The molecule has 0 amide bonds. The van der Waals surface area contributed by atoms with Crippen molar-refractivity contribution in [1.29, 1.82) is 0 Å². The molecule has 160 valence electrons. The molecule has 2 heterocycles. The molecule has 1 aromatic heterocycles. The number of fused-ring (bicyclic) bond motifs is 1. The fourth-order valence-electron chi connectivity index (χ4n) is 4.35. The lowest BCUT2D eigenvalue weighted by atomic mass is 9.97. The number of aromatic carboxylic acids is 1. The predicted molar refractivity (Wildman–Crippen MR) is 124 cm³/mol. The highest BCUT2D eigenvalue weighted by atomic mass is 16.4. The van der Waals surface area contributed by atoms with E-state index in [-0.39, 0.29) is 6.04 Å². The number of hydrogen-bond acceptors (Lipinski definition) is 4. The van der Waals surface area contributed by atoms with Gasteiger partial charge in [0.15, 0.2) is 0 Å². The minimum Gasteiger partial charge on any atom is -0.478 e. The highest BCUT2D eigenvalue weighted by Gasteiger charge is 2.23. The molecule has 0 aliphatic carbocycles. The van der Waals surface area contributed by atoms with Gasteiger partial charge in [-0.1, -0.05) is 31.5 Å². The molecule has 2 aromatic carbocycles. The number of benzene rings is 2. The number of anilines is 2. The van der Waals surface area contributed by atoms with Crippen molar-refractivity contribution in [3.8, 4) is 0 Å². The Morgan fingerprint density at radius 3 is 2.65 bits per heavy atom. The Morgan fingerprint density at radius 1 is 1.13 bits per heavy atom. The van der Waals surface area contributed by atoms with Crippen LogP contribution in [0, 0.1) is 0 Å². The molecule has 1 aliphatic rings. The van der Waals surface area contributed by atoms with Gasteiger partial charge in [-0.05, 0) is 71.8 Å². The monoisotopic (exact) mass is 415 g/mol. The largest absolute Gasteiger partial charge is 0.478 e. The number of nitrogens with one attached hydrogen (secondary N) is 1. The maximum absolute atomic E-state index is 11.4. The van der Waals surface area contributed by atoms with Gasteiger partial charge in [0.25, 0.3) is 0 Å². The number of aromatic nitrogens is 1. The molecular formula is C26H29N3O2. The zero-order valence-electron chi connectivity index (χ0n) is 18.1. The van der Waals surface area contributed by atoms with Gasteiger partial charge in [0.2, 0.25) is 0 Å². The summed E-state index contributed by atoms with van der Waals surface area (Å²) in [5, 5.41) is 13.0. The van der Waals surface area contributed by atoms with Gasteiger partial charge in [-0.15, -0.1) is 0 Å². The highest BCUT2D eigenvalue weighted by molar-refractivity contribution is 5.89. The van der Waals surface area contributed by atoms with E-state index in [1.165, 1.54) is 34.3 Å². The predicted octanol–water partition coefficient (Wildman–Crippen LogP) is 5.28. The van der Waals surface area contributed by atoms with Crippen molar-refractivity contribution in [3.63, 3.8) is 0 Å². The maximum atomic E-state index is 11.4. The molecule has 0 saturated heterocycles. The molecule has 3 aromatic rings. The molecular weight excluding hydrogens is 386 g/mol. The molecule has 0 radical (unpaired) electrons. The zero-order valence-corrected chi connectivity index (χ0v) is 18.1. The molecule has 0 bridgehead atoms. The third-order valence-corrected chi connectivity index (χ3v) is 6.13. The minimum absolute atomic E-state index is 0.226. The summed E-state index contributed by atoms with van der Waals surface area (Å²) in [6, 6.07) is 17.2. The van der Waals surface area contributed by atoms with E-state index in [0.29, 0.717) is 12.0 Å². The second kappa shape index (κ2) is 9.31. The molecule has 5 nitrogen and oxygen atoms in total. The first kappa shape index (κ1) is 21.1. The average molecular weight is 416 g/mol. The van der Waals surface area contributed by atoms with E-state index >= 15 is 0 Å². The number of hydrogen-bond donors (Lipinski definition) is 2. The summed E-state index contributed by atoms with van der Waals surface area (Å²) in [6.45, 7) is 3.03. The van der Waals surface area contributed by atoms with E-state index < -0.39 is 5.97 Å². The van der Waals surface area contributed by atoms with E-state index in [4.69, 9.17) is 0 Å². The maximum Gasteiger partial charge on any atom is 0.336 e. The van der Waals surface area contributed by atoms with Crippen LogP contribution in [0.5, 0.6) is 0 Å². The van der Waals surface area contributed by atoms with Gasteiger partial charge in [0.05, 0.1) is 5.56 Å². The molecule has 31 heavy (non-hydrogen) atoms. The minimum atomic E-state index is -0.896. The number of rotatable bonds is 8. The second-order valence-corrected chi connectivity index (χ2v) is 8.17. The van der Waals surface area contributed by atoms with Crippen LogP contribution in [0.4, 0.5) is 11.4 Å².